The predicted molar refractivity (Wildman–Crippen MR) is 74.7 cm³/mol. The molecule has 8 heteroatoms. The second kappa shape index (κ2) is 5.57. The number of thioether (sulfide) groups is 1. The van der Waals surface area contributed by atoms with Crippen molar-refractivity contribution in [1.29, 1.82) is 0 Å². The van der Waals surface area contributed by atoms with E-state index in [-0.39, 0.29) is 5.91 Å². The first kappa shape index (κ1) is 13.6. The molecule has 1 saturated heterocycles. The van der Waals surface area contributed by atoms with Crippen LogP contribution in [0.15, 0.2) is 35.1 Å². The summed E-state index contributed by atoms with van der Waals surface area (Å²) >= 11 is 1.43. The van der Waals surface area contributed by atoms with Crippen molar-refractivity contribution in [2.24, 2.45) is 0 Å². The SMILES string of the molecule is O=C(O)C1CSCN1C(=O)c1ccc(-c2nnco2)cc1. The number of carbonyl (C=O) groups excluding carboxylic acids is 1. The maximum absolute atomic E-state index is 12.4. The van der Waals surface area contributed by atoms with Gasteiger partial charge in [0, 0.05) is 16.9 Å². The standard InChI is InChI=1S/C13H11N3O4S/c17-12(16-7-21-5-10(16)13(18)19)9-3-1-8(2-4-9)11-15-14-6-20-11/h1-4,6,10H,5,7H2,(H,18,19). The molecule has 0 bridgehead atoms. The summed E-state index contributed by atoms with van der Waals surface area (Å²) in [6.07, 6.45) is 1.23. The van der Waals surface area contributed by atoms with E-state index in [0.29, 0.717) is 28.6 Å². The minimum atomic E-state index is -0.976. The molecule has 1 aromatic heterocycles. The Morgan fingerprint density at radius 2 is 2.10 bits per heavy atom. The maximum Gasteiger partial charge on any atom is 0.327 e. The van der Waals surface area contributed by atoms with Crippen LogP contribution in [0.5, 0.6) is 0 Å². The third-order valence-electron chi connectivity index (χ3n) is 3.17. The normalized spacial score (nSPS) is 17.9. The minimum absolute atomic E-state index is 0.288. The third kappa shape index (κ3) is 2.62. The number of hydrogen-bond donors (Lipinski definition) is 1. The molecule has 1 fully saturated rings. The van der Waals surface area contributed by atoms with Crippen LogP contribution in [0.4, 0.5) is 0 Å². The Balaban J connectivity index is 1.80. The quantitative estimate of drug-likeness (QED) is 0.913. The van der Waals surface area contributed by atoms with Crippen LogP contribution < -0.4 is 0 Å². The summed E-state index contributed by atoms with van der Waals surface area (Å²) in [6.45, 7) is 0. The Kier molecular flexibility index (Phi) is 3.61. The van der Waals surface area contributed by atoms with Gasteiger partial charge in [0.2, 0.25) is 12.3 Å². The van der Waals surface area contributed by atoms with Gasteiger partial charge in [0.05, 0.1) is 5.88 Å². The van der Waals surface area contributed by atoms with Crippen molar-refractivity contribution in [3.63, 3.8) is 0 Å². The number of carboxylic acid groups (broad SMARTS) is 1. The van der Waals surface area contributed by atoms with Crippen LogP contribution in [0.25, 0.3) is 11.5 Å². The first-order valence-corrected chi connectivity index (χ1v) is 7.30. The summed E-state index contributed by atoms with van der Waals surface area (Å²) in [5.74, 6) is -0.0861. The van der Waals surface area contributed by atoms with E-state index < -0.39 is 12.0 Å². The van der Waals surface area contributed by atoms with Gasteiger partial charge in [-0.25, -0.2) is 4.79 Å². The fourth-order valence-electron chi connectivity index (χ4n) is 2.07. The van der Waals surface area contributed by atoms with Gasteiger partial charge in [0.1, 0.15) is 6.04 Å². The van der Waals surface area contributed by atoms with Crippen LogP contribution in [0, 0.1) is 0 Å². The first-order chi connectivity index (χ1) is 10.2. The van der Waals surface area contributed by atoms with Crippen LogP contribution >= 0.6 is 11.8 Å². The second-order valence-electron chi connectivity index (χ2n) is 4.45. The van der Waals surface area contributed by atoms with E-state index in [1.54, 1.807) is 24.3 Å². The summed E-state index contributed by atoms with van der Waals surface area (Å²) < 4.78 is 5.07. The van der Waals surface area contributed by atoms with Crippen molar-refractivity contribution < 1.29 is 19.1 Å². The largest absolute Gasteiger partial charge is 0.480 e. The molecule has 2 aromatic rings. The smallest absolute Gasteiger partial charge is 0.327 e. The second-order valence-corrected chi connectivity index (χ2v) is 5.45. The number of carboxylic acids is 1. The van der Waals surface area contributed by atoms with Gasteiger partial charge in [0.15, 0.2) is 0 Å². The topological polar surface area (TPSA) is 96.5 Å². The zero-order chi connectivity index (χ0) is 14.8. The summed E-state index contributed by atoms with van der Waals surface area (Å²) in [5, 5.41) is 16.5. The molecule has 7 nitrogen and oxygen atoms in total. The van der Waals surface area contributed by atoms with Crippen LogP contribution in [0.2, 0.25) is 0 Å². The Hall–Kier alpha value is -2.35. The molecule has 1 unspecified atom stereocenters. The number of benzene rings is 1. The number of aliphatic carboxylic acids is 1. The third-order valence-corrected chi connectivity index (χ3v) is 4.18. The molecule has 2 heterocycles. The number of carbonyl (C=O) groups is 2. The van der Waals surface area contributed by atoms with Crippen molar-refractivity contribution in [1.82, 2.24) is 15.1 Å². The highest BCUT2D eigenvalue weighted by Crippen LogP contribution is 2.24. The van der Waals surface area contributed by atoms with Gasteiger partial charge in [-0.1, -0.05) is 0 Å². The van der Waals surface area contributed by atoms with E-state index in [1.807, 2.05) is 0 Å². The van der Waals surface area contributed by atoms with Crippen molar-refractivity contribution in [2.75, 3.05) is 11.6 Å². The van der Waals surface area contributed by atoms with Gasteiger partial charge in [-0.2, -0.15) is 0 Å². The van der Waals surface area contributed by atoms with E-state index in [1.165, 1.54) is 23.1 Å². The molecule has 0 aliphatic carbocycles. The van der Waals surface area contributed by atoms with Crippen LogP contribution in [0.1, 0.15) is 10.4 Å². The Labute approximate surface area is 124 Å². The zero-order valence-corrected chi connectivity index (χ0v) is 11.6. The average molecular weight is 305 g/mol. The maximum atomic E-state index is 12.4. The van der Waals surface area contributed by atoms with E-state index in [2.05, 4.69) is 10.2 Å². The van der Waals surface area contributed by atoms with Gasteiger partial charge in [-0.15, -0.1) is 22.0 Å². The number of aromatic nitrogens is 2. The number of nitrogens with zero attached hydrogens (tertiary/aromatic N) is 3. The van der Waals surface area contributed by atoms with Gasteiger partial charge in [-0.3, -0.25) is 4.79 Å². The first-order valence-electron chi connectivity index (χ1n) is 6.15. The Morgan fingerprint density at radius 3 is 2.71 bits per heavy atom. The van der Waals surface area contributed by atoms with Gasteiger partial charge in [0.25, 0.3) is 5.91 Å². The molecular weight excluding hydrogens is 294 g/mol. The lowest BCUT2D eigenvalue weighted by Gasteiger charge is -2.20. The van der Waals surface area contributed by atoms with Crippen LogP contribution in [-0.4, -0.2) is 49.8 Å². The lowest BCUT2D eigenvalue weighted by atomic mass is 10.1. The highest BCUT2D eigenvalue weighted by Gasteiger charge is 2.34. The number of hydrogen-bond acceptors (Lipinski definition) is 6. The number of rotatable bonds is 3. The summed E-state index contributed by atoms with van der Waals surface area (Å²) in [6, 6.07) is 5.88. The molecule has 1 aliphatic rings. The molecule has 21 heavy (non-hydrogen) atoms. The summed E-state index contributed by atoms with van der Waals surface area (Å²) in [7, 11) is 0. The van der Waals surface area contributed by atoms with Crippen molar-refractivity contribution in [3.8, 4) is 11.5 Å². The highest BCUT2D eigenvalue weighted by atomic mass is 32.2. The van der Waals surface area contributed by atoms with Gasteiger partial charge in [-0.05, 0) is 24.3 Å². The monoisotopic (exact) mass is 305 g/mol. The number of amides is 1. The average Bonchev–Trinajstić information content (AvgIpc) is 3.18. The van der Waals surface area contributed by atoms with Gasteiger partial charge < -0.3 is 14.4 Å². The fraction of sp³-hybridized carbons (Fsp3) is 0.231. The summed E-state index contributed by atoms with van der Waals surface area (Å²) in [4.78, 5) is 24.8. The van der Waals surface area contributed by atoms with E-state index in [4.69, 9.17) is 9.52 Å². The molecule has 0 radical (unpaired) electrons. The lowest BCUT2D eigenvalue weighted by Crippen LogP contribution is -2.41. The van der Waals surface area contributed by atoms with Crippen LogP contribution in [-0.2, 0) is 4.79 Å². The Morgan fingerprint density at radius 1 is 1.33 bits per heavy atom. The van der Waals surface area contributed by atoms with Crippen molar-refractivity contribution in [2.45, 2.75) is 6.04 Å². The highest BCUT2D eigenvalue weighted by molar-refractivity contribution is 7.99. The molecular formula is C13H11N3O4S. The zero-order valence-electron chi connectivity index (χ0n) is 10.8. The van der Waals surface area contributed by atoms with Crippen LogP contribution in [0.3, 0.4) is 0 Å². The molecule has 1 N–H and O–H groups in total. The molecule has 1 amide bonds. The molecule has 3 rings (SSSR count). The van der Waals surface area contributed by atoms with E-state index in [9.17, 15) is 9.59 Å². The molecule has 1 atom stereocenters. The Bertz CT molecular complexity index is 657. The van der Waals surface area contributed by atoms with Gasteiger partial charge >= 0.3 is 5.97 Å². The molecule has 1 aromatic carbocycles. The lowest BCUT2D eigenvalue weighted by molar-refractivity contribution is -0.140. The van der Waals surface area contributed by atoms with Crippen molar-refractivity contribution >= 4 is 23.6 Å². The van der Waals surface area contributed by atoms with E-state index >= 15 is 0 Å². The molecule has 1 aliphatic heterocycles. The van der Waals surface area contributed by atoms with E-state index in [0.717, 1.165) is 0 Å². The van der Waals surface area contributed by atoms with Crippen molar-refractivity contribution in [3.05, 3.63) is 36.2 Å². The minimum Gasteiger partial charge on any atom is -0.480 e. The predicted octanol–water partition coefficient (Wildman–Crippen LogP) is 1.34. The summed E-state index contributed by atoms with van der Waals surface area (Å²) in [5.41, 5.74) is 1.14. The fourth-order valence-corrected chi connectivity index (χ4v) is 3.21. The molecule has 108 valence electrons. The molecule has 0 saturated carbocycles. The molecule has 0 spiro atoms.